The van der Waals surface area contributed by atoms with Crippen molar-refractivity contribution in [1.82, 2.24) is 4.90 Å². The highest BCUT2D eigenvalue weighted by atomic mass is 19.1. The Labute approximate surface area is 208 Å². The van der Waals surface area contributed by atoms with E-state index in [2.05, 4.69) is 5.32 Å². The molecular formula is C27H27FN2O6. The van der Waals surface area contributed by atoms with E-state index in [1.165, 1.54) is 39.4 Å². The van der Waals surface area contributed by atoms with Gasteiger partial charge in [0.2, 0.25) is 5.91 Å². The van der Waals surface area contributed by atoms with Crippen molar-refractivity contribution in [3.8, 4) is 23.0 Å². The van der Waals surface area contributed by atoms with Crippen LogP contribution in [0.25, 0.3) is 0 Å². The molecule has 2 unspecified atom stereocenters. The van der Waals surface area contributed by atoms with Crippen molar-refractivity contribution >= 4 is 17.5 Å². The monoisotopic (exact) mass is 494 g/mol. The van der Waals surface area contributed by atoms with Gasteiger partial charge in [-0.25, -0.2) is 4.39 Å². The second kappa shape index (κ2) is 10.2. The molecule has 8 nitrogen and oxygen atoms in total. The largest absolute Gasteiger partial charge is 0.493 e. The number of carbonyl (C=O) groups is 2. The lowest BCUT2D eigenvalue weighted by Crippen LogP contribution is -2.44. The summed E-state index contributed by atoms with van der Waals surface area (Å²) in [6, 6.07) is 13.3. The summed E-state index contributed by atoms with van der Waals surface area (Å²) in [7, 11) is 7.49. The van der Waals surface area contributed by atoms with Crippen LogP contribution >= 0.6 is 0 Å². The summed E-state index contributed by atoms with van der Waals surface area (Å²) in [5.41, 5.74) is 1.35. The summed E-state index contributed by atoms with van der Waals surface area (Å²) >= 11 is 0. The van der Waals surface area contributed by atoms with Gasteiger partial charge in [-0.2, -0.15) is 0 Å². The van der Waals surface area contributed by atoms with Crippen LogP contribution < -0.4 is 24.3 Å². The van der Waals surface area contributed by atoms with E-state index in [1.807, 2.05) is 0 Å². The molecule has 0 bridgehead atoms. The van der Waals surface area contributed by atoms with Crippen molar-refractivity contribution in [3.05, 3.63) is 77.1 Å². The molecule has 1 aliphatic heterocycles. The lowest BCUT2D eigenvalue weighted by atomic mass is 9.79. The van der Waals surface area contributed by atoms with E-state index >= 15 is 4.39 Å². The fourth-order valence-electron chi connectivity index (χ4n) is 4.57. The number of halogens is 1. The molecule has 9 heteroatoms. The topological polar surface area (TPSA) is 86.3 Å². The smallest absolute Gasteiger partial charge is 0.254 e. The van der Waals surface area contributed by atoms with Gasteiger partial charge in [-0.3, -0.25) is 9.59 Å². The minimum absolute atomic E-state index is 0.223. The van der Waals surface area contributed by atoms with E-state index in [9.17, 15) is 9.59 Å². The highest BCUT2D eigenvalue weighted by Crippen LogP contribution is 2.46. The first-order valence-electron chi connectivity index (χ1n) is 11.1. The van der Waals surface area contributed by atoms with Crippen molar-refractivity contribution in [2.24, 2.45) is 0 Å². The van der Waals surface area contributed by atoms with Crippen molar-refractivity contribution in [2.45, 2.75) is 12.0 Å². The molecule has 0 spiro atoms. The molecule has 0 saturated carbocycles. The van der Waals surface area contributed by atoms with Crippen LogP contribution in [-0.2, 0) is 4.79 Å². The number of nitrogens with one attached hydrogen (secondary N) is 1. The zero-order valence-electron chi connectivity index (χ0n) is 20.6. The minimum Gasteiger partial charge on any atom is -0.493 e. The average Bonchev–Trinajstić information content (AvgIpc) is 2.90. The molecule has 0 aliphatic carbocycles. The molecule has 1 aliphatic rings. The van der Waals surface area contributed by atoms with Gasteiger partial charge < -0.3 is 29.2 Å². The molecule has 188 valence electrons. The van der Waals surface area contributed by atoms with Gasteiger partial charge in [0.05, 0.1) is 40.4 Å². The number of benzene rings is 3. The van der Waals surface area contributed by atoms with Crippen molar-refractivity contribution in [2.75, 3.05) is 40.8 Å². The summed E-state index contributed by atoms with van der Waals surface area (Å²) in [5.74, 6) is -0.653. The number of amides is 2. The first-order valence-corrected chi connectivity index (χ1v) is 11.1. The molecule has 0 saturated heterocycles. The number of anilines is 1. The van der Waals surface area contributed by atoms with Crippen LogP contribution in [0.3, 0.4) is 0 Å². The third kappa shape index (κ3) is 4.28. The normalized spacial score (nSPS) is 16.7. The Balaban J connectivity index is 1.87. The van der Waals surface area contributed by atoms with Gasteiger partial charge in [0, 0.05) is 29.9 Å². The van der Waals surface area contributed by atoms with E-state index in [0.29, 0.717) is 34.2 Å². The fourth-order valence-corrected chi connectivity index (χ4v) is 4.57. The first kappa shape index (κ1) is 24.8. The number of hydrogen-bond donors (Lipinski definition) is 1. The molecule has 3 aromatic rings. The molecule has 0 aromatic heterocycles. The van der Waals surface area contributed by atoms with Gasteiger partial charge in [-0.1, -0.05) is 18.2 Å². The van der Waals surface area contributed by atoms with Gasteiger partial charge in [0.25, 0.3) is 5.91 Å². The molecule has 1 heterocycles. The number of fused-ring (bicyclic) bond motifs is 1. The Morgan fingerprint density at radius 3 is 2.08 bits per heavy atom. The molecule has 1 N–H and O–H groups in total. The quantitative estimate of drug-likeness (QED) is 0.524. The summed E-state index contributed by atoms with van der Waals surface area (Å²) in [6.45, 7) is 0. The predicted octanol–water partition coefficient (Wildman–Crippen LogP) is 4.41. The summed E-state index contributed by atoms with van der Waals surface area (Å²) in [5, 5.41) is 2.89. The zero-order chi connectivity index (χ0) is 26.0. The van der Waals surface area contributed by atoms with Crippen LogP contribution in [0.5, 0.6) is 23.0 Å². The van der Waals surface area contributed by atoms with Crippen LogP contribution in [0.15, 0.2) is 54.6 Å². The first-order chi connectivity index (χ1) is 17.3. The zero-order valence-corrected chi connectivity index (χ0v) is 20.6. The van der Waals surface area contributed by atoms with E-state index in [-0.39, 0.29) is 17.0 Å². The van der Waals surface area contributed by atoms with E-state index < -0.39 is 23.7 Å². The van der Waals surface area contributed by atoms with Crippen LogP contribution in [0.2, 0.25) is 0 Å². The summed E-state index contributed by atoms with van der Waals surface area (Å²) < 4.78 is 36.4. The van der Waals surface area contributed by atoms with Gasteiger partial charge in [-0.15, -0.1) is 0 Å². The second-order valence-electron chi connectivity index (χ2n) is 8.21. The van der Waals surface area contributed by atoms with Crippen LogP contribution in [0.1, 0.15) is 33.4 Å². The Morgan fingerprint density at radius 2 is 1.44 bits per heavy atom. The van der Waals surface area contributed by atoms with Gasteiger partial charge in [-0.05, 0) is 35.9 Å². The molecule has 2 amide bonds. The Morgan fingerprint density at radius 1 is 0.833 bits per heavy atom. The maximum Gasteiger partial charge on any atom is 0.254 e. The van der Waals surface area contributed by atoms with Crippen LogP contribution in [0.4, 0.5) is 10.1 Å². The van der Waals surface area contributed by atoms with Crippen LogP contribution in [0, 0.1) is 5.82 Å². The Hall–Kier alpha value is -4.27. The van der Waals surface area contributed by atoms with E-state index in [0.717, 1.165) is 0 Å². The summed E-state index contributed by atoms with van der Waals surface area (Å²) in [6.07, 6.45) is 0. The predicted molar refractivity (Wildman–Crippen MR) is 132 cm³/mol. The maximum atomic E-state index is 15.0. The Kier molecular flexibility index (Phi) is 7.00. The average molecular weight is 495 g/mol. The minimum atomic E-state index is -0.965. The van der Waals surface area contributed by atoms with Crippen molar-refractivity contribution in [1.29, 1.82) is 0 Å². The molecule has 3 aromatic carbocycles. The number of rotatable bonds is 7. The third-order valence-corrected chi connectivity index (χ3v) is 6.33. The van der Waals surface area contributed by atoms with E-state index in [4.69, 9.17) is 18.9 Å². The number of methoxy groups -OCH3 is 4. The maximum absolute atomic E-state index is 15.0. The SMILES string of the molecule is COc1ccc(NC(=O)C2c3cc(OC)c(OC)cc3C(=O)N(C)C2c2ccccc2F)cc1OC. The molecule has 36 heavy (non-hydrogen) atoms. The van der Waals surface area contributed by atoms with Gasteiger partial charge in [0.1, 0.15) is 5.82 Å². The lowest BCUT2D eigenvalue weighted by Gasteiger charge is -2.40. The van der Waals surface area contributed by atoms with Gasteiger partial charge >= 0.3 is 0 Å². The number of nitrogens with zero attached hydrogens (tertiary/aromatic N) is 1. The number of carbonyl (C=O) groups excluding carboxylic acids is 2. The standard InChI is InChI=1S/C27H27FN2O6/c1-30-25(16-8-6-7-9-19(16)28)24(17-13-22(35-4)23(36-5)14-18(17)27(30)32)26(31)29-15-10-11-20(33-2)21(12-15)34-3/h6-14,24-25H,1-5H3,(H,29,31). The van der Waals surface area contributed by atoms with E-state index in [1.54, 1.807) is 55.6 Å². The van der Waals surface area contributed by atoms with Crippen LogP contribution in [-0.4, -0.2) is 52.2 Å². The second-order valence-corrected chi connectivity index (χ2v) is 8.21. The molecule has 2 atom stereocenters. The van der Waals surface area contributed by atoms with Crippen molar-refractivity contribution in [3.63, 3.8) is 0 Å². The lowest BCUT2D eigenvalue weighted by molar-refractivity contribution is -0.119. The molecule has 4 rings (SSSR count). The molecule has 0 radical (unpaired) electrons. The Bertz CT molecular complexity index is 1310. The molecular weight excluding hydrogens is 467 g/mol. The number of hydrogen-bond acceptors (Lipinski definition) is 6. The number of ether oxygens (including phenoxy) is 4. The highest BCUT2D eigenvalue weighted by molar-refractivity contribution is 6.05. The highest BCUT2D eigenvalue weighted by Gasteiger charge is 2.44. The third-order valence-electron chi connectivity index (χ3n) is 6.33. The van der Waals surface area contributed by atoms with Crippen molar-refractivity contribution < 1.29 is 32.9 Å². The number of likely N-dealkylation sites (N-methyl/N-ethyl adjacent to an activating group) is 1. The van der Waals surface area contributed by atoms with Gasteiger partial charge in [0.15, 0.2) is 23.0 Å². The summed E-state index contributed by atoms with van der Waals surface area (Å²) in [4.78, 5) is 28.7. The molecule has 0 fully saturated rings. The fraction of sp³-hybridized carbons (Fsp3) is 0.259.